The molecule has 0 amide bonds. The molecule has 1 aliphatic rings. The van der Waals surface area contributed by atoms with Gasteiger partial charge in [0.1, 0.15) is 11.6 Å². The summed E-state index contributed by atoms with van der Waals surface area (Å²) in [6.07, 6.45) is 22.7. The third kappa shape index (κ3) is 10.9. The largest absolute Gasteiger partial charge is 0.372 e. The summed E-state index contributed by atoms with van der Waals surface area (Å²) in [6.45, 7) is 9.34. The van der Waals surface area contributed by atoms with E-state index in [1.54, 1.807) is 6.20 Å². The van der Waals surface area contributed by atoms with Crippen LogP contribution in [0, 0.1) is 31.6 Å². The summed E-state index contributed by atoms with van der Waals surface area (Å²) in [5.41, 5.74) is 7.68. The maximum Gasteiger partial charge on any atom is 0.229 e. The van der Waals surface area contributed by atoms with Crippen LogP contribution in [-0.4, -0.2) is 51.1 Å². The zero-order valence-electron chi connectivity index (χ0n) is 29.7. The number of benzene rings is 2. The van der Waals surface area contributed by atoms with Gasteiger partial charge in [-0.2, -0.15) is 9.97 Å². The quantitative estimate of drug-likeness (QED) is 0.0970. The summed E-state index contributed by atoms with van der Waals surface area (Å²) < 4.78 is 0. The Balaban J connectivity index is 0.000000199. The Kier molecular flexibility index (Phi) is 13.2. The number of anilines is 7. The minimum absolute atomic E-state index is 0.312. The molecule has 1 fully saturated rings. The average molecular weight is 679 g/mol. The zero-order chi connectivity index (χ0) is 35.8. The van der Waals surface area contributed by atoms with Gasteiger partial charge in [0, 0.05) is 66.1 Å². The Morgan fingerprint density at radius 3 is 1.86 bits per heavy atom. The topological polar surface area (TPSA) is 116 Å². The molecule has 3 aromatic heterocycles. The smallest absolute Gasteiger partial charge is 0.229 e. The van der Waals surface area contributed by atoms with Gasteiger partial charge in [0.05, 0.1) is 13.1 Å². The summed E-state index contributed by atoms with van der Waals surface area (Å²) in [6, 6.07) is 20.8. The van der Waals surface area contributed by atoms with Crippen molar-refractivity contribution in [3.63, 3.8) is 0 Å². The molecule has 1 aliphatic heterocycles. The van der Waals surface area contributed by atoms with Crippen LogP contribution in [0.1, 0.15) is 61.3 Å². The van der Waals surface area contributed by atoms with Crippen LogP contribution in [0.3, 0.4) is 0 Å². The lowest BCUT2D eigenvalue weighted by molar-refractivity contribution is 0.578. The van der Waals surface area contributed by atoms with Gasteiger partial charge < -0.3 is 26.2 Å². The molecular weight excluding hydrogens is 633 g/mol. The Morgan fingerprint density at radius 1 is 0.706 bits per heavy atom. The number of nitrogens with one attached hydrogen (secondary N) is 4. The molecule has 4 heterocycles. The monoisotopic (exact) mass is 678 g/mol. The lowest BCUT2D eigenvalue weighted by Crippen LogP contribution is -2.29. The number of pyridine rings is 1. The second-order valence-corrected chi connectivity index (χ2v) is 12.6. The van der Waals surface area contributed by atoms with E-state index in [2.05, 4.69) is 113 Å². The normalized spacial score (nSPS) is 12.2. The number of hydrogen-bond donors (Lipinski definition) is 4. The Labute approximate surface area is 302 Å². The zero-order valence-corrected chi connectivity index (χ0v) is 29.7. The highest BCUT2D eigenvalue weighted by Gasteiger charge is 2.12. The Hall–Kier alpha value is -6.13. The van der Waals surface area contributed by atoms with Crippen LogP contribution in [0.25, 0.3) is 0 Å². The van der Waals surface area contributed by atoms with Crippen molar-refractivity contribution >= 4 is 40.6 Å². The molecular formula is C41H46N10. The molecule has 0 saturated carbocycles. The minimum Gasteiger partial charge on any atom is -0.372 e. The first kappa shape index (κ1) is 36.2. The van der Waals surface area contributed by atoms with Gasteiger partial charge in [-0.05, 0) is 98.2 Å². The number of aromatic nitrogens is 5. The van der Waals surface area contributed by atoms with Crippen molar-refractivity contribution in [2.24, 2.45) is 0 Å². The summed E-state index contributed by atoms with van der Waals surface area (Å²) in [4.78, 5) is 24.3. The number of aryl methyl sites for hydroxylation is 1. The van der Waals surface area contributed by atoms with Crippen molar-refractivity contribution in [2.45, 2.75) is 52.4 Å². The third-order valence-corrected chi connectivity index (χ3v) is 8.34. The summed E-state index contributed by atoms with van der Waals surface area (Å²) in [7, 11) is 0. The van der Waals surface area contributed by atoms with Crippen molar-refractivity contribution in [2.75, 3.05) is 52.3 Å². The maximum atomic E-state index is 5.36. The van der Waals surface area contributed by atoms with Gasteiger partial charge >= 0.3 is 0 Å². The van der Waals surface area contributed by atoms with E-state index in [1.807, 2.05) is 49.8 Å². The van der Waals surface area contributed by atoms with E-state index in [0.29, 0.717) is 30.9 Å². The fraction of sp³-hybridized carbons (Fsp3) is 0.293. The van der Waals surface area contributed by atoms with Crippen molar-refractivity contribution < 1.29 is 0 Å². The summed E-state index contributed by atoms with van der Waals surface area (Å²) >= 11 is 0. The van der Waals surface area contributed by atoms with Crippen LogP contribution in [-0.2, 0) is 6.42 Å². The molecule has 5 aromatic rings. The van der Waals surface area contributed by atoms with Gasteiger partial charge in [-0.15, -0.1) is 12.8 Å². The fourth-order valence-electron chi connectivity index (χ4n) is 5.57. The van der Waals surface area contributed by atoms with Gasteiger partial charge in [0.25, 0.3) is 0 Å². The molecule has 1 saturated heterocycles. The number of nitrogens with zero attached hydrogens (tertiary/aromatic N) is 6. The highest BCUT2D eigenvalue weighted by atomic mass is 15.2. The molecule has 0 unspecified atom stereocenters. The molecule has 0 bridgehead atoms. The van der Waals surface area contributed by atoms with Crippen molar-refractivity contribution in [1.82, 2.24) is 24.9 Å². The molecule has 10 nitrogen and oxygen atoms in total. The van der Waals surface area contributed by atoms with E-state index < -0.39 is 0 Å². The van der Waals surface area contributed by atoms with Gasteiger partial charge in [-0.1, -0.05) is 37.8 Å². The van der Waals surface area contributed by atoms with E-state index in [9.17, 15) is 0 Å². The second-order valence-electron chi connectivity index (χ2n) is 12.6. The van der Waals surface area contributed by atoms with Crippen LogP contribution >= 0.6 is 0 Å². The van der Waals surface area contributed by atoms with Crippen LogP contribution < -0.4 is 26.2 Å². The summed E-state index contributed by atoms with van der Waals surface area (Å²) in [5.74, 6) is 8.08. The van der Waals surface area contributed by atoms with Gasteiger partial charge in [0.15, 0.2) is 0 Å². The molecule has 0 atom stereocenters. The molecule has 51 heavy (non-hydrogen) atoms. The second kappa shape index (κ2) is 18.6. The van der Waals surface area contributed by atoms with E-state index in [-0.39, 0.29) is 0 Å². The van der Waals surface area contributed by atoms with Gasteiger partial charge in [0.2, 0.25) is 11.9 Å². The number of hydrogen-bond acceptors (Lipinski definition) is 10. The Morgan fingerprint density at radius 2 is 1.25 bits per heavy atom. The molecule has 2 aromatic carbocycles. The molecule has 260 valence electrons. The summed E-state index contributed by atoms with van der Waals surface area (Å²) in [5, 5.41) is 12.8. The fourth-order valence-corrected chi connectivity index (χ4v) is 5.57. The minimum atomic E-state index is 0.312. The lowest BCUT2D eigenvalue weighted by atomic mass is 10.1. The predicted molar refractivity (Wildman–Crippen MR) is 210 cm³/mol. The van der Waals surface area contributed by atoms with Gasteiger partial charge in [-0.25, -0.2) is 9.97 Å². The van der Waals surface area contributed by atoms with Crippen LogP contribution in [0.2, 0.25) is 0 Å². The SMILES string of the molecule is C#CCNc1nc(Nc2ccc(Cc3ccncc3)cc2)ncc1C(C)C.C#CCNc1nc(Nc2ccc(N3CCCCC3)cc2)ncc1C. The molecule has 0 aliphatic carbocycles. The molecule has 0 spiro atoms. The van der Waals surface area contributed by atoms with E-state index in [1.165, 1.54) is 36.1 Å². The predicted octanol–water partition coefficient (Wildman–Crippen LogP) is 7.94. The van der Waals surface area contributed by atoms with E-state index in [0.717, 1.165) is 53.6 Å². The van der Waals surface area contributed by atoms with Crippen LogP contribution in [0.15, 0.2) is 85.5 Å². The van der Waals surface area contributed by atoms with Crippen molar-refractivity contribution in [3.05, 3.63) is 108 Å². The van der Waals surface area contributed by atoms with Crippen LogP contribution in [0.4, 0.5) is 40.6 Å². The van der Waals surface area contributed by atoms with E-state index in [4.69, 9.17) is 12.8 Å². The van der Waals surface area contributed by atoms with E-state index >= 15 is 0 Å². The molecule has 4 N–H and O–H groups in total. The lowest BCUT2D eigenvalue weighted by Gasteiger charge is -2.28. The first-order valence-corrected chi connectivity index (χ1v) is 17.3. The number of rotatable bonds is 12. The maximum absolute atomic E-state index is 5.36. The third-order valence-electron chi connectivity index (χ3n) is 8.34. The first-order valence-electron chi connectivity index (χ1n) is 17.3. The van der Waals surface area contributed by atoms with Gasteiger partial charge in [-0.3, -0.25) is 4.98 Å². The number of terminal acetylenes is 2. The molecule has 0 radical (unpaired) electrons. The Bertz CT molecular complexity index is 1900. The van der Waals surface area contributed by atoms with Crippen molar-refractivity contribution in [3.8, 4) is 24.7 Å². The van der Waals surface area contributed by atoms with Crippen LogP contribution in [0.5, 0.6) is 0 Å². The molecule has 10 heteroatoms. The first-order chi connectivity index (χ1) is 24.9. The van der Waals surface area contributed by atoms with Crippen molar-refractivity contribution in [1.29, 1.82) is 0 Å². The number of piperidine rings is 1. The highest BCUT2D eigenvalue weighted by Crippen LogP contribution is 2.25. The standard InChI is InChI=1S/C22H23N5.C19H23N5/c1-4-11-24-21-20(16(2)3)15-25-22(27-21)26-19-7-5-17(6-8-19)14-18-9-12-23-13-10-18;1-3-11-20-18-15(2)14-21-19(23-18)22-16-7-9-17(10-8-16)24-12-5-4-6-13-24/h1,5-10,12-13,15-16H,11,14H2,2-3H3,(H2,24,25,26,27);1,7-10,14H,4-6,11-13H2,2H3,(H2,20,21,22,23). The molecule has 6 rings (SSSR count). The highest BCUT2D eigenvalue weighted by molar-refractivity contribution is 5.61. The average Bonchev–Trinajstić information content (AvgIpc) is 3.16.